The van der Waals surface area contributed by atoms with E-state index in [9.17, 15) is 0 Å². The van der Waals surface area contributed by atoms with Gasteiger partial charge in [0.15, 0.2) is 91.1 Å². The van der Waals surface area contributed by atoms with Gasteiger partial charge in [0.05, 0.1) is 47.5 Å². The molecule has 0 unspecified atom stereocenters. The first-order valence-electron chi connectivity index (χ1n) is 21.4. The molecule has 0 atom stereocenters. The molecule has 25 nitrogen and oxygen atoms in total. The molecular formula is C48H36Cl9N25. The molecular weight excluding hydrogens is 1250 g/mol. The molecule has 0 saturated carbocycles. The summed E-state index contributed by atoms with van der Waals surface area (Å²) in [5.41, 5.74) is -3.95. The van der Waals surface area contributed by atoms with Gasteiger partial charge in [-0.25, -0.2) is 39.9 Å². The van der Waals surface area contributed by atoms with E-state index >= 15 is 0 Å². The lowest BCUT2D eigenvalue weighted by Gasteiger charge is -2.38. The van der Waals surface area contributed by atoms with Gasteiger partial charge >= 0.3 is 0 Å². The molecule has 82 heavy (non-hydrogen) atoms. The first-order valence-corrected chi connectivity index (χ1v) is 25.7. The number of hydrogen-bond donors (Lipinski definition) is 0. The Morgan fingerprint density at radius 2 is 0.305 bits per heavy atom. The van der Waals surface area contributed by atoms with Crippen molar-refractivity contribution in [1.29, 1.82) is 84.2 Å². The highest BCUT2D eigenvalue weighted by Gasteiger charge is 2.23. The van der Waals surface area contributed by atoms with E-state index in [1.165, 1.54) is 56.3 Å². The van der Waals surface area contributed by atoms with Gasteiger partial charge < -0.3 is 16.9 Å². The zero-order valence-electron chi connectivity index (χ0n) is 43.1. The average Bonchev–Trinajstić information content (AvgIpc) is 3.49. The molecule has 4 aromatic rings. The normalized spacial score (nSPS) is 8.05. The zero-order valence-corrected chi connectivity index (χ0v) is 49.9. The van der Waals surface area contributed by atoms with Gasteiger partial charge in [0, 0.05) is 0 Å². The molecule has 34 heteroatoms. The highest BCUT2D eigenvalue weighted by atomic mass is 35.5. The lowest BCUT2D eigenvalue weighted by molar-refractivity contribution is -0.928. The maximum Gasteiger partial charge on any atom is 0.178 e. The molecule has 0 fully saturated rings. The van der Waals surface area contributed by atoms with E-state index in [1.807, 2.05) is 0 Å². The van der Waals surface area contributed by atoms with E-state index in [-0.39, 0.29) is 125 Å². The monoisotopic (exact) mass is 1280 g/mol. The second-order valence-electron chi connectivity index (χ2n) is 12.9. The van der Waals surface area contributed by atoms with Gasteiger partial charge in [-0.05, 0) is 25.7 Å². The largest absolute Gasteiger partial charge is 1.00 e. The number of rotatable bonds is 8. The molecule has 0 radical (unpaired) electrons. The summed E-state index contributed by atoms with van der Waals surface area (Å²) in [4.78, 5) is 28.2. The molecule has 0 N–H and O–H groups in total. The molecule has 0 aliphatic heterocycles. The van der Waals surface area contributed by atoms with Crippen molar-refractivity contribution in [2.24, 2.45) is 0 Å². The summed E-state index contributed by atoms with van der Waals surface area (Å²) in [6.07, 6.45) is 5.33. The molecule has 0 aliphatic rings. The van der Waals surface area contributed by atoms with Gasteiger partial charge in [-0.3, -0.25) is 0 Å². The van der Waals surface area contributed by atoms with E-state index < -0.39 is 0 Å². The fourth-order valence-corrected chi connectivity index (χ4v) is 5.56. The van der Waals surface area contributed by atoms with Gasteiger partial charge in [-0.2, -0.15) is 84.2 Å². The van der Waals surface area contributed by atoms with E-state index in [0.717, 1.165) is 0 Å². The van der Waals surface area contributed by atoms with Crippen LogP contribution in [0.2, 0.25) is 0 Å². The summed E-state index contributed by atoms with van der Waals surface area (Å²) >= 11 is 38.1. The van der Waals surface area contributed by atoms with Gasteiger partial charge in [-0.15, -0.1) is 92.8 Å². The minimum Gasteiger partial charge on any atom is -1.00 e. The Kier molecular flexibility index (Phi) is 56.4. The second kappa shape index (κ2) is 55.1. The third kappa shape index (κ3) is 32.6. The molecule has 0 spiro atoms. The summed E-state index contributed by atoms with van der Waals surface area (Å²) in [6.45, 7) is 14.8. The van der Waals surface area contributed by atoms with Crippen LogP contribution in [-0.2, 0) is 0 Å². The van der Waals surface area contributed by atoms with Crippen LogP contribution in [-0.4, -0.2) is 91.9 Å². The SMILES string of the molecule is CCC[N+](CCC)(CCC)CCC.ClCCl.ClCCl.ClCCl.ClCCl.N#Cc1nc(C#N)c(C#N)nc1C#N.N#Cc1nc(C#N)c(C#N)nc1C#N.N#Cc1nc(C#N)c(C#N)nc1C#N.N#Cc1nc(C#N)c(C#N)nc1C#N.[Cl-]. The van der Waals surface area contributed by atoms with Crippen LogP contribution in [0.1, 0.15) is 144 Å². The Hall–Kier alpha value is -9.27. The van der Waals surface area contributed by atoms with Crippen molar-refractivity contribution in [2.45, 2.75) is 53.4 Å². The van der Waals surface area contributed by atoms with E-state index in [0.29, 0.717) is 0 Å². The number of quaternary nitrogens is 1. The first-order chi connectivity index (χ1) is 38.9. The summed E-state index contributed by atoms with van der Waals surface area (Å²) in [6, 6.07) is 25.9. The standard InChI is InChI=1S/C12H28N.4C8N6.4CH2Cl2.ClH/c1-5-9-13(10-6-2,11-7-3)12-8-4;4*9-1-5-6(2-10)14-8(4-12)7(3-11)13-5;4*2-1-3;/h5-12H2,1-4H3;;;;;4*1H2;1H/q+1;;;;;;;;;/p-1. The van der Waals surface area contributed by atoms with Crippen LogP contribution in [0.3, 0.4) is 0 Å². The van der Waals surface area contributed by atoms with Crippen molar-refractivity contribution < 1.29 is 16.9 Å². The summed E-state index contributed by atoms with van der Waals surface area (Å²) < 4.78 is 1.38. The maximum absolute atomic E-state index is 8.54. The van der Waals surface area contributed by atoms with Crippen LogP contribution >= 0.6 is 92.8 Å². The quantitative estimate of drug-likeness (QED) is 0.144. The molecule has 4 heterocycles. The minimum atomic E-state index is -0.247. The van der Waals surface area contributed by atoms with E-state index in [4.69, 9.17) is 177 Å². The lowest BCUT2D eigenvalue weighted by atomic mass is 10.2. The predicted octanol–water partition coefficient (Wildman–Crippen LogP) is 5.99. The van der Waals surface area contributed by atoms with Crippen molar-refractivity contribution in [2.75, 3.05) is 47.5 Å². The van der Waals surface area contributed by atoms with Crippen molar-refractivity contribution in [1.82, 2.24) is 39.9 Å². The smallest absolute Gasteiger partial charge is 0.178 e. The Balaban J connectivity index is -0.000000209. The van der Waals surface area contributed by atoms with E-state index in [1.54, 1.807) is 97.1 Å². The van der Waals surface area contributed by atoms with Gasteiger partial charge in [0.1, 0.15) is 97.1 Å². The minimum absolute atomic E-state index is 0. The third-order valence-corrected chi connectivity index (χ3v) is 8.07. The van der Waals surface area contributed by atoms with Crippen LogP contribution in [0.5, 0.6) is 0 Å². The van der Waals surface area contributed by atoms with Crippen molar-refractivity contribution >= 4 is 92.8 Å². The number of halogens is 9. The number of aromatic nitrogens is 8. The van der Waals surface area contributed by atoms with Gasteiger partial charge in [-0.1, -0.05) is 27.7 Å². The third-order valence-electron chi connectivity index (χ3n) is 8.07. The predicted molar refractivity (Wildman–Crippen MR) is 291 cm³/mol. The summed E-state index contributed by atoms with van der Waals surface area (Å²) in [7, 11) is 0. The van der Waals surface area contributed by atoms with Crippen LogP contribution in [0.15, 0.2) is 0 Å². The Labute approximate surface area is 519 Å². The van der Waals surface area contributed by atoms with Crippen molar-refractivity contribution in [3.63, 3.8) is 0 Å². The second-order valence-corrected chi connectivity index (χ2v) is 16.1. The van der Waals surface area contributed by atoms with Gasteiger partial charge in [0.25, 0.3) is 0 Å². The zero-order chi connectivity index (χ0) is 63.2. The fourth-order valence-electron chi connectivity index (χ4n) is 5.56. The van der Waals surface area contributed by atoms with E-state index in [2.05, 4.69) is 67.6 Å². The molecule has 0 saturated heterocycles. The van der Waals surface area contributed by atoms with Crippen LogP contribution in [0.4, 0.5) is 0 Å². The topological polar surface area (TPSA) is 484 Å². The van der Waals surface area contributed by atoms with Crippen LogP contribution in [0, 0.1) is 181 Å². The van der Waals surface area contributed by atoms with Crippen LogP contribution < -0.4 is 12.4 Å². The van der Waals surface area contributed by atoms with Gasteiger partial charge in [0.2, 0.25) is 0 Å². The Morgan fingerprint density at radius 3 is 0.354 bits per heavy atom. The van der Waals surface area contributed by atoms with Crippen LogP contribution in [0.25, 0.3) is 0 Å². The maximum atomic E-state index is 8.54. The molecule has 0 aliphatic carbocycles. The molecule has 0 amide bonds. The first kappa shape index (κ1) is 84.0. The number of nitriles is 16. The Bertz CT molecular complexity index is 2550. The molecule has 4 rings (SSSR count). The highest BCUT2D eigenvalue weighted by Crippen LogP contribution is 2.13. The number of nitrogens with zero attached hydrogens (tertiary/aromatic N) is 25. The molecule has 0 bridgehead atoms. The van der Waals surface area contributed by atoms with Crippen molar-refractivity contribution in [3.05, 3.63) is 91.1 Å². The molecule has 416 valence electrons. The highest BCUT2D eigenvalue weighted by molar-refractivity contribution is 6.41. The fraction of sp³-hybridized carbons (Fsp3) is 0.333. The summed E-state index contributed by atoms with van der Waals surface area (Å²) in [5.74, 6) is 0. The Morgan fingerprint density at radius 1 is 0.232 bits per heavy atom. The lowest BCUT2D eigenvalue weighted by Crippen LogP contribution is -3.00. The molecule has 0 aromatic carbocycles. The summed E-state index contributed by atoms with van der Waals surface area (Å²) in [5, 5.41) is 137. The number of alkyl halides is 8. The molecule has 4 aromatic heterocycles. The average molecular weight is 1280 g/mol. The van der Waals surface area contributed by atoms with Crippen molar-refractivity contribution in [3.8, 4) is 97.1 Å². The number of hydrogen-bond acceptors (Lipinski definition) is 24.